The van der Waals surface area contributed by atoms with Crippen LogP contribution >= 0.6 is 0 Å². The highest BCUT2D eigenvalue weighted by molar-refractivity contribution is 5.82. The lowest BCUT2D eigenvalue weighted by Crippen LogP contribution is -2.61. The zero-order valence-electron chi connectivity index (χ0n) is 28.6. The first-order chi connectivity index (χ1) is 20.4. The van der Waals surface area contributed by atoms with Crippen LogP contribution in [-0.4, -0.2) is 84.0 Å². The Morgan fingerprint density at radius 2 is 1.02 bits per heavy atom. The molecule has 1 fully saturated rings. The first-order valence-electron chi connectivity index (χ1n) is 14.7. The van der Waals surface area contributed by atoms with Crippen LogP contribution in [0.15, 0.2) is 37.0 Å². The van der Waals surface area contributed by atoms with Gasteiger partial charge in [0, 0.05) is 0 Å². The maximum absolute atomic E-state index is 12.7. The van der Waals surface area contributed by atoms with Crippen molar-refractivity contribution in [3.63, 3.8) is 0 Å². The summed E-state index contributed by atoms with van der Waals surface area (Å²) in [5, 5.41) is 2.71. The van der Waals surface area contributed by atoms with Crippen molar-refractivity contribution in [2.75, 3.05) is 13.2 Å². The number of carbonyl (C=O) groups excluding carboxylic acids is 4. The van der Waals surface area contributed by atoms with Crippen LogP contribution in [0.2, 0.25) is 0 Å². The fourth-order valence-electron chi connectivity index (χ4n) is 3.55. The zero-order chi connectivity index (χ0) is 34.6. The average molecular weight is 642 g/mol. The van der Waals surface area contributed by atoms with Gasteiger partial charge in [-0.3, -0.25) is 0 Å². The molecule has 1 aliphatic heterocycles. The fourth-order valence-corrected chi connectivity index (χ4v) is 3.55. The Balaban J connectivity index is 3.29. The molecule has 0 spiro atoms. The van der Waals surface area contributed by atoms with Crippen molar-refractivity contribution in [1.29, 1.82) is 0 Å². The van der Waals surface area contributed by atoms with Crippen molar-refractivity contribution in [2.24, 2.45) is 0 Å². The Kier molecular flexibility index (Phi) is 14.4. The van der Waals surface area contributed by atoms with E-state index in [4.69, 9.17) is 37.9 Å². The Morgan fingerprint density at radius 3 is 1.44 bits per heavy atom. The van der Waals surface area contributed by atoms with Crippen molar-refractivity contribution in [3.8, 4) is 0 Å². The van der Waals surface area contributed by atoms with E-state index in [2.05, 4.69) is 5.32 Å². The molecular weight excluding hydrogens is 590 g/mol. The standard InChI is InChI=1S/C32H51NO12/c1-29(2,3)42-23(34)13-16-38-20-22-27(40-18-15-25(36)44-31(7,8)9)26(39-17-14-24(35)43-30(4,5)6)21(19-41-22)33-28(37)45-32(10,11)12/h13-18,21-22,26-27H,19-20H2,1-12H3,(H,33,37)/b16-13+,17-14+,18-15+/t21-,22+,26+,27+/m0/s1. The molecule has 13 heteroatoms. The molecule has 4 atom stereocenters. The van der Waals surface area contributed by atoms with Crippen molar-refractivity contribution in [1.82, 2.24) is 5.32 Å². The van der Waals surface area contributed by atoms with Crippen LogP contribution in [0, 0.1) is 0 Å². The van der Waals surface area contributed by atoms with E-state index in [-0.39, 0.29) is 13.2 Å². The summed E-state index contributed by atoms with van der Waals surface area (Å²) in [6.07, 6.45) is 3.12. The molecule has 1 saturated heterocycles. The molecule has 1 aliphatic rings. The fraction of sp³-hybridized carbons (Fsp3) is 0.688. The summed E-state index contributed by atoms with van der Waals surface area (Å²) in [4.78, 5) is 49.3. The van der Waals surface area contributed by atoms with Gasteiger partial charge in [0.15, 0.2) is 12.2 Å². The Hall–Kier alpha value is -3.74. The van der Waals surface area contributed by atoms with Gasteiger partial charge < -0.3 is 43.2 Å². The first kappa shape index (κ1) is 39.3. The second kappa shape index (κ2) is 16.5. The normalized spacial score (nSPS) is 21.3. The lowest BCUT2D eigenvalue weighted by atomic mass is 9.98. The highest BCUT2D eigenvalue weighted by Crippen LogP contribution is 2.24. The molecule has 1 rings (SSSR count). The number of carbonyl (C=O) groups is 4. The minimum Gasteiger partial charge on any atom is -0.498 e. The minimum absolute atomic E-state index is 0.0658. The molecular formula is C32H51NO12. The zero-order valence-corrected chi connectivity index (χ0v) is 28.6. The summed E-state index contributed by atoms with van der Waals surface area (Å²) >= 11 is 0. The van der Waals surface area contributed by atoms with Gasteiger partial charge in [-0.05, 0) is 83.1 Å². The second-order valence-electron chi connectivity index (χ2n) is 14.2. The third kappa shape index (κ3) is 18.6. The quantitative estimate of drug-likeness (QED) is 0.145. The number of amides is 1. The molecule has 0 aromatic heterocycles. The van der Waals surface area contributed by atoms with E-state index in [1.807, 2.05) is 0 Å². The lowest BCUT2D eigenvalue weighted by molar-refractivity contribution is -0.168. The van der Waals surface area contributed by atoms with Gasteiger partial charge in [-0.1, -0.05) is 0 Å². The second-order valence-corrected chi connectivity index (χ2v) is 14.2. The maximum atomic E-state index is 12.7. The predicted molar refractivity (Wildman–Crippen MR) is 164 cm³/mol. The number of alkyl carbamates (subject to hydrolysis) is 1. The average Bonchev–Trinajstić information content (AvgIpc) is 2.79. The molecule has 1 N–H and O–H groups in total. The third-order valence-corrected chi connectivity index (χ3v) is 4.94. The number of hydrogen-bond acceptors (Lipinski definition) is 12. The van der Waals surface area contributed by atoms with Gasteiger partial charge in [0.2, 0.25) is 0 Å². The summed E-state index contributed by atoms with van der Waals surface area (Å²) in [6.45, 7) is 20.5. The molecule has 45 heavy (non-hydrogen) atoms. The van der Waals surface area contributed by atoms with Crippen LogP contribution in [0.1, 0.15) is 83.1 Å². The molecule has 0 bridgehead atoms. The summed E-state index contributed by atoms with van der Waals surface area (Å²) in [7, 11) is 0. The molecule has 0 aliphatic carbocycles. The molecule has 0 radical (unpaired) electrons. The molecule has 0 aromatic rings. The Morgan fingerprint density at radius 1 is 0.622 bits per heavy atom. The van der Waals surface area contributed by atoms with E-state index >= 15 is 0 Å². The van der Waals surface area contributed by atoms with Crippen molar-refractivity contribution < 1.29 is 57.1 Å². The number of nitrogens with one attached hydrogen (secondary N) is 1. The van der Waals surface area contributed by atoms with E-state index < -0.39 is 70.8 Å². The molecule has 13 nitrogen and oxygen atoms in total. The Bertz CT molecular complexity index is 1080. The molecule has 0 unspecified atom stereocenters. The van der Waals surface area contributed by atoms with Crippen LogP contribution in [0.25, 0.3) is 0 Å². The molecule has 1 heterocycles. The molecule has 256 valence electrons. The van der Waals surface area contributed by atoms with Crippen molar-refractivity contribution in [3.05, 3.63) is 37.0 Å². The van der Waals surface area contributed by atoms with Crippen LogP contribution in [0.3, 0.4) is 0 Å². The van der Waals surface area contributed by atoms with Crippen LogP contribution < -0.4 is 5.32 Å². The summed E-state index contributed by atoms with van der Waals surface area (Å²) in [6, 6.07) is -0.836. The predicted octanol–water partition coefficient (Wildman–Crippen LogP) is 4.63. The molecule has 0 aromatic carbocycles. The minimum atomic E-state index is -1.02. The third-order valence-electron chi connectivity index (χ3n) is 4.94. The van der Waals surface area contributed by atoms with Gasteiger partial charge in [0.25, 0.3) is 0 Å². The van der Waals surface area contributed by atoms with Crippen molar-refractivity contribution >= 4 is 24.0 Å². The molecule has 0 saturated carbocycles. The summed E-state index contributed by atoms with van der Waals surface area (Å²) in [5.74, 6) is -1.91. The van der Waals surface area contributed by atoms with Gasteiger partial charge in [0.05, 0.1) is 49.7 Å². The van der Waals surface area contributed by atoms with Gasteiger partial charge in [0.1, 0.15) is 35.1 Å². The monoisotopic (exact) mass is 641 g/mol. The van der Waals surface area contributed by atoms with Crippen LogP contribution in [-0.2, 0) is 52.3 Å². The highest BCUT2D eigenvalue weighted by Gasteiger charge is 2.44. The lowest BCUT2D eigenvalue weighted by Gasteiger charge is -2.41. The summed E-state index contributed by atoms with van der Waals surface area (Å²) < 4.78 is 44.6. The van der Waals surface area contributed by atoms with E-state index in [9.17, 15) is 19.2 Å². The number of ether oxygens (including phenoxy) is 8. The maximum Gasteiger partial charge on any atom is 0.408 e. The van der Waals surface area contributed by atoms with Crippen LogP contribution in [0.5, 0.6) is 0 Å². The van der Waals surface area contributed by atoms with E-state index in [1.165, 1.54) is 0 Å². The summed E-state index contributed by atoms with van der Waals surface area (Å²) in [5.41, 5.74) is -2.92. The largest absolute Gasteiger partial charge is 0.498 e. The van der Waals surface area contributed by atoms with E-state index in [0.29, 0.717) is 0 Å². The SMILES string of the molecule is CC(C)(C)OC(=O)/C=C/OC[C@H]1OC[C@H](NC(=O)OC(C)(C)C)[C@@H](O/C=C/C(=O)OC(C)(C)C)[C@@H]1O/C=C/C(=O)OC(C)(C)C. The van der Waals surface area contributed by atoms with Crippen molar-refractivity contribution in [2.45, 2.75) is 130 Å². The van der Waals surface area contributed by atoms with Crippen LogP contribution in [0.4, 0.5) is 4.79 Å². The van der Waals surface area contributed by atoms with Gasteiger partial charge in [-0.25, -0.2) is 19.2 Å². The molecule has 1 amide bonds. The van der Waals surface area contributed by atoms with Gasteiger partial charge >= 0.3 is 24.0 Å². The smallest absolute Gasteiger partial charge is 0.408 e. The first-order valence-corrected chi connectivity index (χ1v) is 14.7. The van der Waals surface area contributed by atoms with Gasteiger partial charge in [-0.2, -0.15) is 0 Å². The number of esters is 3. The number of rotatable bonds is 11. The van der Waals surface area contributed by atoms with E-state index in [0.717, 1.165) is 37.0 Å². The Labute approximate surface area is 266 Å². The highest BCUT2D eigenvalue weighted by atomic mass is 16.6. The topological polar surface area (TPSA) is 154 Å². The van der Waals surface area contributed by atoms with E-state index in [1.54, 1.807) is 83.1 Å². The number of hydrogen-bond donors (Lipinski definition) is 1. The van der Waals surface area contributed by atoms with Gasteiger partial charge in [-0.15, -0.1) is 0 Å².